The molecule has 61 heavy (non-hydrogen) atoms. The van der Waals surface area contributed by atoms with E-state index in [1.165, 1.54) is 117 Å². The molecule has 4 unspecified atom stereocenters. The fourth-order valence-electron chi connectivity index (χ4n) is 14.4. The molecule has 2 saturated carbocycles. The van der Waals surface area contributed by atoms with Gasteiger partial charge in [-0.15, -0.1) is 0 Å². The standard InChI is InChI=1S/C59H64N2/c1-53(2)31-17-33-56(7)49-37-41(25-29-51(49)60(58(53,56)9)43-19-13-11-14-20-43)39-23-27-45-46-28-24-40(36-48(46)55(5,6)47(45)35-39)42-26-30-52-50(38-42)57(8)34-18-32-54(3,4)59(57,10)61(52)44-21-15-12-16-22-44/h11-16,19-30,35-38H,17-18,31-34H2,1-10H3. The van der Waals surface area contributed by atoms with E-state index in [1.54, 1.807) is 0 Å². The topological polar surface area (TPSA) is 6.48 Å². The summed E-state index contributed by atoms with van der Waals surface area (Å²) < 4.78 is 0. The molecule has 2 fully saturated rings. The molecule has 0 saturated heterocycles. The average Bonchev–Trinajstić information content (AvgIpc) is 3.70. The Labute approximate surface area is 366 Å². The van der Waals surface area contributed by atoms with Crippen molar-refractivity contribution in [3.05, 3.63) is 156 Å². The normalized spacial score (nSPS) is 28.4. The van der Waals surface area contributed by atoms with Gasteiger partial charge >= 0.3 is 0 Å². The van der Waals surface area contributed by atoms with Gasteiger partial charge in [0.05, 0.1) is 11.1 Å². The van der Waals surface area contributed by atoms with E-state index in [1.807, 2.05) is 0 Å². The zero-order valence-electron chi connectivity index (χ0n) is 38.3. The molecule has 0 amide bonds. The molecule has 2 heteroatoms. The second-order valence-corrected chi connectivity index (χ2v) is 22.2. The van der Waals surface area contributed by atoms with Crippen molar-refractivity contribution in [3.63, 3.8) is 0 Å². The van der Waals surface area contributed by atoms with Crippen LogP contribution in [0.5, 0.6) is 0 Å². The maximum absolute atomic E-state index is 2.71. The second kappa shape index (κ2) is 12.5. The lowest BCUT2D eigenvalue weighted by atomic mass is 9.51. The van der Waals surface area contributed by atoms with E-state index >= 15 is 0 Å². The number of rotatable bonds is 4. The lowest BCUT2D eigenvalue weighted by Crippen LogP contribution is -2.64. The van der Waals surface area contributed by atoms with Crippen molar-refractivity contribution in [3.8, 4) is 33.4 Å². The largest absolute Gasteiger partial charge is 0.334 e. The molecular formula is C59H64N2. The van der Waals surface area contributed by atoms with Crippen LogP contribution in [-0.4, -0.2) is 11.1 Å². The van der Waals surface area contributed by atoms with Crippen LogP contribution in [0.25, 0.3) is 33.4 Å². The lowest BCUT2D eigenvalue weighted by molar-refractivity contribution is 0.0484. The minimum atomic E-state index is -0.131. The molecule has 11 rings (SSSR count). The molecule has 0 bridgehead atoms. The minimum Gasteiger partial charge on any atom is -0.334 e. The summed E-state index contributed by atoms with van der Waals surface area (Å²) >= 11 is 0. The molecule has 4 atom stereocenters. The van der Waals surface area contributed by atoms with Gasteiger partial charge in [-0.3, -0.25) is 0 Å². The number of hydrogen-bond acceptors (Lipinski definition) is 2. The highest BCUT2D eigenvalue weighted by Crippen LogP contribution is 2.68. The maximum atomic E-state index is 2.71. The van der Waals surface area contributed by atoms with Crippen LogP contribution in [0.4, 0.5) is 22.7 Å². The highest BCUT2D eigenvalue weighted by molar-refractivity contribution is 5.88. The number of fused-ring (bicyclic) bond motifs is 9. The summed E-state index contributed by atoms with van der Waals surface area (Å²) in [6, 6.07) is 51.8. The van der Waals surface area contributed by atoms with Gasteiger partial charge in [0.1, 0.15) is 0 Å². The Morgan fingerprint density at radius 1 is 0.361 bits per heavy atom. The van der Waals surface area contributed by atoms with Gasteiger partial charge in [0.15, 0.2) is 0 Å². The Morgan fingerprint density at radius 2 is 0.705 bits per heavy atom. The molecule has 0 N–H and O–H groups in total. The fourth-order valence-corrected chi connectivity index (χ4v) is 14.4. The number of para-hydroxylation sites is 2. The second-order valence-electron chi connectivity index (χ2n) is 22.2. The predicted molar refractivity (Wildman–Crippen MR) is 259 cm³/mol. The number of nitrogens with zero attached hydrogens (tertiary/aromatic N) is 2. The molecule has 6 aromatic carbocycles. The van der Waals surface area contributed by atoms with Gasteiger partial charge in [-0.05, 0) is 167 Å². The zero-order valence-corrected chi connectivity index (χ0v) is 38.3. The molecule has 2 aliphatic heterocycles. The molecule has 2 nitrogen and oxygen atoms in total. The van der Waals surface area contributed by atoms with Crippen molar-refractivity contribution in [1.82, 2.24) is 0 Å². The molecular weight excluding hydrogens is 737 g/mol. The number of benzene rings is 6. The molecule has 5 aliphatic rings. The molecule has 310 valence electrons. The Balaban J connectivity index is 0.973. The first-order valence-electron chi connectivity index (χ1n) is 23.3. The Morgan fingerprint density at radius 3 is 1.08 bits per heavy atom. The van der Waals surface area contributed by atoms with Gasteiger partial charge in [-0.1, -0.05) is 141 Å². The molecule has 3 aliphatic carbocycles. The lowest BCUT2D eigenvalue weighted by Gasteiger charge is -2.59. The smallest absolute Gasteiger partial charge is 0.0568 e. The average molecular weight is 801 g/mol. The number of hydrogen-bond donors (Lipinski definition) is 0. The van der Waals surface area contributed by atoms with Crippen LogP contribution in [0.2, 0.25) is 0 Å². The first-order valence-corrected chi connectivity index (χ1v) is 23.3. The van der Waals surface area contributed by atoms with E-state index < -0.39 is 0 Å². The summed E-state index contributed by atoms with van der Waals surface area (Å²) in [6.45, 7) is 25.2. The molecule has 6 aromatic rings. The van der Waals surface area contributed by atoms with Gasteiger partial charge in [0.25, 0.3) is 0 Å². The van der Waals surface area contributed by atoms with E-state index in [9.17, 15) is 0 Å². The minimum absolute atomic E-state index is 0.0270. The number of anilines is 4. The summed E-state index contributed by atoms with van der Waals surface area (Å²) in [5.74, 6) is 0. The third-order valence-corrected chi connectivity index (χ3v) is 18.7. The summed E-state index contributed by atoms with van der Waals surface area (Å²) in [4.78, 5) is 5.42. The highest BCUT2D eigenvalue weighted by Gasteiger charge is 2.66. The first kappa shape index (κ1) is 38.8. The monoisotopic (exact) mass is 801 g/mol. The van der Waals surface area contributed by atoms with Crippen LogP contribution in [0.3, 0.4) is 0 Å². The quantitative estimate of drug-likeness (QED) is 0.175. The summed E-state index contributed by atoms with van der Waals surface area (Å²) in [6.07, 6.45) is 7.39. The Hall–Kier alpha value is -5.08. The van der Waals surface area contributed by atoms with Gasteiger partial charge < -0.3 is 9.80 Å². The molecule has 0 radical (unpaired) electrons. The Bertz CT molecular complexity index is 2570. The van der Waals surface area contributed by atoms with Gasteiger partial charge in [0, 0.05) is 39.0 Å². The predicted octanol–water partition coefficient (Wildman–Crippen LogP) is 16.1. The third-order valence-electron chi connectivity index (χ3n) is 18.7. The van der Waals surface area contributed by atoms with E-state index in [0.29, 0.717) is 0 Å². The Kier molecular flexibility index (Phi) is 7.97. The van der Waals surface area contributed by atoms with Crippen LogP contribution >= 0.6 is 0 Å². The van der Waals surface area contributed by atoms with E-state index in [4.69, 9.17) is 0 Å². The van der Waals surface area contributed by atoms with Crippen molar-refractivity contribution in [1.29, 1.82) is 0 Å². The highest BCUT2D eigenvalue weighted by atomic mass is 15.3. The van der Waals surface area contributed by atoms with Crippen LogP contribution in [-0.2, 0) is 16.2 Å². The maximum Gasteiger partial charge on any atom is 0.0568 e. The molecule has 0 aromatic heterocycles. The summed E-state index contributed by atoms with van der Waals surface area (Å²) in [5.41, 5.74) is 19.4. The van der Waals surface area contributed by atoms with Gasteiger partial charge in [-0.2, -0.15) is 0 Å². The van der Waals surface area contributed by atoms with Crippen molar-refractivity contribution < 1.29 is 0 Å². The van der Waals surface area contributed by atoms with Crippen LogP contribution in [0.1, 0.15) is 130 Å². The zero-order chi connectivity index (χ0) is 42.5. The molecule has 2 heterocycles. The van der Waals surface area contributed by atoms with Crippen LogP contribution < -0.4 is 9.80 Å². The van der Waals surface area contributed by atoms with Crippen LogP contribution in [0.15, 0.2) is 133 Å². The van der Waals surface area contributed by atoms with Gasteiger partial charge in [0.2, 0.25) is 0 Å². The SMILES string of the molecule is CC1(C)c2cc(-c3ccc4c(c3)C3(C)CCCC(C)(C)C3(C)N4c3ccccc3)ccc2-c2ccc(-c3ccc4c(c3)C3(C)CCCC(C)(C)C3(C)N4c3ccccc3)cc21. The third kappa shape index (κ3) is 4.80. The van der Waals surface area contributed by atoms with Crippen molar-refractivity contribution in [2.45, 2.75) is 135 Å². The van der Waals surface area contributed by atoms with E-state index in [2.05, 4.69) is 212 Å². The first-order chi connectivity index (χ1) is 29.0. The summed E-state index contributed by atoms with van der Waals surface area (Å²) in [5, 5.41) is 0. The van der Waals surface area contributed by atoms with E-state index in [-0.39, 0.29) is 38.2 Å². The molecule has 0 spiro atoms. The summed E-state index contributed by atoms with van der Waals surface area (Å²) in [7, 11) is 0. The van der Waals surface area contributed by atoms with Crippen molar-refractivity contribution in [2.75, 3.05) is 9.80 Å². The van der Waals surface area contributed by atoms with E-state index in [0.717, 1.165) is 0 Å². The van der Waals surface area contributed by atoms with Crippen molar-refractivity contribution in [2.24, 2.45) is 10.8 Å². The fraction of sp³-hybridized carbons (Fsp3) is 0.390. The van der Waals surface area contributed by atoms with Gasteiger partial charge in [-0.25, -0.2) is 0 Å². The van der Waals surface area contributed by atoms with Crippen molar-refractivity contribution >= 4 is 22.7 Å². The van der Waals surface area contributed by atoms with Crippen LogP contribution in [0, 0.1) is 10.8 Å².